The second-order valence-electron chi connectivity index (χ2n) is 5.10. The van der Waals surface area contributed by atoms with E-state index in [1.165, 1.54) is 25.3 Å². The lowest BCUT2D eigenvalue weighted by molar-refractivity contribution is 0.187. The molecule has 24 heavy (non-hydrogen) atoms. The maximum absolute atomic E-state index is 13.1. The molecule has 0 saturated heterocycles. The minimum atomic E-state index is -0.537. The summed E-state index contributed by atoms with van der Waals surface area (Å²) >= 11 is 0. The summed E-state index contributed by atoms with van der Waals surface area (Å²) in [6, 6.07) is 9.34. The smallest absolute Gasteiger partial charge is 0.411 e. The SMILES string of the molecule is COC(=O)Nc1ccc(OCc2nc3cc(F)ccc3o2)cc1C. The lowest BCUT2D eigenvalue weighted by Gasteiger charge is -2.09. The number of benzene rings is 2. The van der Waals surface area contributed by atoms with E-state index in [4.69, 9.17) is 9.15 Å². The highest BCUT2D eigenvalue weighted by atomic mass is 19.1. The number of amides is 1. The van der Waals surface area contributed by atoms with Gasteiger partial charge in [-0.2, -0.15) is 0 Å². The summed E-state index contributed by atoms with van der Waals surface area (Å²) in [4.78, 5) is 15.4. The molecule has 0 bridgehead atoms. The van der Waals surface area contributed by atoms with Crippen LogP contribution in [0.5, 0.6) is 5.75 Å². The molecule has 1 aromatic heterocycles. The Morgan fingerprint density at radius 3 is 2.88 bits per heavy atom. The average molecular weight is 330 g/mol. The van der Waals surface area contributed by atoms with Crippen molar-refractivity contribution in [2.75, 3.05) is 12.4 Å². The molecular weight excluding hydrogens is 315 g/mol. The molecule has 0 radical (unpaired) electrons. The molecule has 0 atom stereocenters. The summed E-state index contributed by atoms with van der Waals surface area (Å²) in [5.41, 5.74) is 2.40. The number of carbonyl (C=O) groups is 1. The van der Waals surface area contributed by atoms with Crippen LogP contribution in [0.4, 0.5) is 14.9 Å². The van der Waals surface area contributed by atoms with Crippen molar-refractivity contribution in [1.29, 1.82) is 0 Å². The molecule has 1 heterocycles. The summed E-state index contributed by atoms with van der Waals surface area (Å²) in [5.74, 6) is 0.578. The Bertz CT molecular complexity index is 891. The number of hydrogen-bond donors (Lipinski definition) is 1. The molecule has 124 valence electrons. The summed E-state index contributed by atoms with van der Waals surface area (Å²) in [5, 5.41) is 2.60. The molecule has 0 spiro atoms. The number of methoxy groups -OCH3 is 1. The molecule has 6 nitrogen and oxygen atoms in total. The monoisotopic (exact) mass is 330 g/mol. The fourth-order valence-electron chi connectivity index (χ4n) is 2.18. The third-order valence-electron chi connectivity index (χ3n) is 3.38. The molecule has 0 saturated carbocycles. The van der Waals surface area contributed by atoms with Crippen LogP contribution in [0, 0.1) is 12.7 Å². The van der Waals surface area contributed by atoms with Crippen molar-refractivity contribution in [3.05, 3.63) is 53.7 Å². The van der Waals surface area contributed by atoms with E-state index in [0.29, 0.717) is 28.4 Å². The second kappa shape index (κ2) is 6.57. The highest BCUT2D eigenvalue weighted by molar-refractivity contribution is 5.85. The van der Waals surface area contributed by atoms with Crippen LogP contribution in [0.25, 0.3) is 11.1 Å². The lowest BCUT2D eigenvalue weighted by atomic mass is 10.2. The fraction of sp³-hybridized carbons (Fsp3) is 0.176. The number of anilines is 1. The van der Waals surface area contributed by atoms with Gasteiger partial charge >= 0.3 is 6.09 Å². The first-order valence-corrected chi connectivity index (χ1v) is 7.18. The Balaban J connectivity index is 1.69. The number of rotatable bonds is 4. The highest BCUT2D eigenvalue weighted by Gasteiger charge is 2.09. The van der Waals surface area contributed by atoms with Gasteiger partial charge in [-0.25, -0.2) is 14.2 Å². The predicted molar refractivity (Wildman–Crippen MR) is 85.5 cm³/mol. The molecule has 3 aromatic rings. The van der Waals surface area contributed by atoms with Gasteiger partial charge in [-0.3, -0.25) is 5.32 Å². The van der Waals surface area contributed by atoms with Crippen molar-refractivity contribution in [2.24, 2.45) is 0 Å². The number of halogens is 1. The van der Waals surface area contributed by atoms with Gasteiger partial charge in [0.2, 0.25) is 5.89 Å². The van der Waals surface area contributed by atoms with Gasteiger partial charge in [-0.05, 0) is 42.8 Å². The van der Waals surface area contributed by atoms with Gasteiger partial charge in [0.05, 0.1) is 7.11 Å². The molecule has 1 amide bonds. The summed E-state index contributed by atoms with van der Waals surface area (Å²) < 4.78 is 28.8. The Kier molecular flexibility index (Phi) is 4.33. The lowest BCUT2D eigenvalue weighted by Crippen LogP contribution is -2.11. The number of aromatic nitrogens is 1. The summed E-state index contributed by atoms with van der Waals surface area (Å²) in [6.45, 7) is 1.94. The summed E-state index contributed by atoms with van der Waals surface area (Å²) in [7, 11) is 1.30. The van der Waals surface area contributed by atoms with Crippen molar-refractivity contribution in [1.82, 2.24) is 4.98 Å². The van der Waals surface area contributed by atoms with E-state index in [-0.39, 0.29) is 12.4 Å². The molecule has 7 heteroatoms. The van der Waals surface area contributed by atoms with Crippen molar-refractivity contribution in [2.45, 2.75) is 13.5 Å². The van der Waals surface area contributed by atoms with E-state index < -0.39 is 6.09 Å². The zero-order valence-electron chi connectivity index (χ0n) is 13.1. The second-order valence-corrected chi connectivity index (χ2v) is 5.10. The van der Waals surface area contributed by atoms with Gasteiger partial charge in [0.25, 0.3) is 0 Å². The van der Waals surface area contributed by atoms with Crippen LogP contribution in [-0.2, 0) is 11.3 Å². The van der Waals surface area contributed by atoms with Crippen molar-refractivity contribution in [3.8, 4) is 5.75 Å². The zero-order chi connectivity index (χ0) is 17.1. The minimum Gasteiger partial charge on any atom is -0.484 e. The normalized spacial score (nSPS) is 10.6. The van der Waals surface area contributed by atoms with Crippen LogP contribution >= 0.6 is 0 Å². The number of nitrogens with zero attached hydrogens (tertiary/aromatic N) is 1. The number of fused-ring (bicyclic) bond motifs is 1. The zero-order valence-corrected chi connectivity index (χ0v) is 13.1. The van der Waals surface area contributed by atoms with Crippen LogP contribution in [0.1, 0.15) is 11.5 Å². The van der Waals surface area contributed by atoms with E-state index in [1.54, 1.807) is 18.2 Å². The number of ether oxygens (including phenoxy) is 2. The number of nitrogens with one attached hydrogen (secondary N) is 1. The van der Waals surface area contributed by atoms with Gasteiger partial charge in [0, 0.05) is 11.8 Å². The quantitative estimate of drug-likeness (QED) is 0.782. The number of carbonyl (C=O) groups excluding carboxylic acids is 1. The Morgan fingerprint density at radius 1 is 1.29 bits per heavy atom. The van der Waals surface area contributed by atoms with E-state index >= 15 is 0 Å². The predicted octanol–water partition coefficient (Wildman–Crippen LogP) is 4.03. The van der Waals surface area contributed by atoms with Gasteiger partial charge in [-0.15, -0.1) is 0 Å². The molecule has 3 rings (SSSR count). The molecule has 0 aliphatic carbocycles. The first kappa shape index (κ1) is 15.8. The third kappa shape index (κ3) is 3.45. The molecule has 0 fully saturated rings. The van der Waals surface area contributed by atoms with Crippen LogP contribution in [0.2, 0.25) is 0 Å². The molecular formula is C17H15FN2O4. The van der Waals surface area contributed by atoms with E-state index in [0.717, 1.165) is 5.56 Å². The van der Waals surface area contributed by atoms with Gasteiger partial charge in [-0.1, -0.05) is 0 Å². The number of oxazole rings is 1. The highest BCUT2D eigenvalue weighted by Crippen LogP contribution is 2.23. The third-order valence-corrected chi connectivity index (χ3v) is 3.38. The van der Waals surface area contributed by atoms with Crippen LogP contribution in [0.3, 0.4) is 0 Å². The van der Waals surface area contributed by atoms with E-state index in [2.05, 4.69) is 15.0 Å². The van der Waals surface area contributed by atoms with Gasteiger partial charge < -0.3 is 13.9 Å². The first-order chi connectivity index (χ1) is 11.5. The average Bonchev–Trinajstić information content (AvgIpc) is 2.97. The van der Waals surface area contributed by atoms with E-state index in [1.807, 2.05) is 6.92 Å². The number of aryl methyl sites for hydroxylation is 1. The summed E-state index contributed by atoms with van der Waals surface area (Å²) in [6.07, 6.45) is -0.537. The molecule has 0 unspecified atom stereocenters. The van der Waals surface area contributed by atoms with Crippen LogP contribution in [0.15, 0.2) is 40.8 Å². The van der Waals surface area contributed by atoms with Gasteiger partial charge in [0.1, 0.15) is 17.1 Å². The van der Waals surface area contributed by atoms with Crippen molar-refractivity contribution >= 4 is 22.9 Å². The number of hydrogen-bond acceptors (Lipinski definition) is 5. The Labute approximate surface area is 137 Å². The topological polar surface area (TPSA) is 73.6 Å². The largest absolute Gasteiger partial charge is 0.484 e. The van der Waals surface area contributed by atoms with Crippen molar-refractivity contribution < 1.29 is 23.1 Å². The standard InChI is InChI=1S/C17H15FN2O4/c1-10-7-12(4-5-13(10)20-17(21)22-2)23-9-16-19-14-8-11(18)3-6-15(14)24-16/h3-8H,9H2,1-2H3,(H,20,21). The molecule has 0 aliphatic heterocycles. The molecule has 0 aliphatic rings. The molecule has 1 N–H and O–H groups in total. The Hall–Kier alpha value is -3.09. The van der Waals surface area contributed by atoms with Crippen LogP contribution < -0.4 is 10.1 Å². The van der Waals surface area contributed by atoms with Crippen LogP contribution in [-0.4, -0.2) is 18.2 Å². The molecule has 2 aromatic carbocycles. The van der Waals surface area contributed by atoms with Gasteiger partial charge in [0.15, 0.2) is 12.2 Å². The first-order valence-electron chi connectivity index (χ1n) is 7.18. The maximum Gasteiger partial charge on any atom is 0.411 e. The fourth-order valence-corrected chi connectivity index (χ4v) is 2.18. The maximum atomic E-state index is 13.1. The minimum absolute atomic E-state index is 0.111. The van der Waals surface area contributed by atoms with Crippen molar-refractivity contribution in [3.63, 3.8) is 0 Å². The van der Waals surface area contributed by atoms with E-state index in [9.17, 15) is 9.18 Å². The Morgan fingerprint density at radius 2 is 2.12 bits per heavy atom.